The van der Waals surface area contributed by atoms with E-state index >= 15 is 0 Å². The molecule has 1 atom stereocenters. The lowest BCUT2D eigenvalue weighted by atomic mass is 10.0. The second-order valence-corrected chi connectivity index (χ2v) is 7.60. The van der Waals surface area contributed by atoms with E-state index < -0.39 is 0 Å². The highest BCUT2D eigenvalue weighted by Crippen LogP contribution is 2.41. The monoisotopic (exact) mass is 368 g/mol. The number of methoxy groups -OCH3 is 2. The summed E-state index contributed by atoms with van der Waals surface area (Å²) < 4.78 is 12.5. The highest BCUT2D eigenvalue weighted by Gasteiger charge is 2.28. The van der Waals surface area contributed by atoms with E-state index in [-0.39, 0.29) is 6.04 Å². The molecule has 1 saturated heterocycles. The van der Waals surface area contributed by atoms with Crippen LogP contribution < -0.4 is 14.8 Å². The second-order valence-electron chi connectivity index (χ2n) is 6.48. The van der Waals surface area contributed by atoms with Crippen molar-refractivity contribution in [2.24, 2.45) is 0 Å². The minimum absolute atomic E-state index is 0.190. The summed E-state index contributed by atoms with van der Waals surface area (Å²) in [6.45, 7) is 4.07. The maximum atomic E-state index is 5.74. The smallest absolute Gasteiger partial charge is 0.127 e. The molecule has 136 valence electrons. The van der Waals surface area contributed by atoms with E-state index in [1.54, 1.807) is 14.2 Å². The standard InChI is InChI=1S/C21H24N2O2S/c1-24-16-7-8-17(18(14-16)25-2)21(23-11-9-22-10-12-23)20-13-15-5-3-4-6-19(15)26-20/h3-8,13-14,21-22H,9-12H2,1-2H3. The molecule has 3 aromatic rings. The minimum Gasteiger partial charge on any atom is -0.497 e. The zero-order valence-corrected chi connectivity index (χ0v) is 16.0. The molecule has 0 bridgehead atoms. The molecule has 2 aromatic carbocycles. The highest BCUT2D eigenvalue weighted by atomic mass is 32.1. The molecule has 0 aliphatic carbocycles. The fourth-order valence-corrected chi connectivity index (χ4v) is 4.87. The van der Waals surface area contributed by atoms with Crippen molar-refractivity contribution >= 4 is 21.4 Å². The van der Waals surface area contributed by atoms with Gasteiger partial charge in [0.25, 0.3) is 0 Å². The molecule has 0 radical (unpaired) electrons. The van der Waals surface area contributed by atoms with Crippen LogP contribution in [-0.2, 0) is 0 Å². The Balaban J connectivity index is 1.83. The molecule has 1 aliphatic heterocycles. The topological polar surface area (TPSA) is 33.7 Å². The number of nitrogens with zero attached hydrogens (tertiary/aromatic N) is 1. The van der Waals surface area contributed by atoms with Gasteiger partial charge in [0.05, 0.1) is 20.3 Å². The van der Waals surface area contributed by atoms with E-state index in [1.807, 2.05) is 23.5 Å². The van der Waals surface area contributed by atoms with Gasteiger partial charge in [0.1, 0.15) is 11.5 Å². The number of thiophene rings is 1. The minimum atomic E-state index is 0.190. The fourth-order valence-electron chi connectivity index (χ4n) is 3.65. The Morgan fingerprint density at radius 2 is 1.81 bits per heavy atom. The van der Waals surface area contributed by atoms with Gasteiger partial charge >= 0.3 is 0 Å². The normalized spacial score (nSPS) is 16.5. The van der Waals surface area contributed by atoms with Crippen LogP contribution in [0.25, 0.3) is 10.1 Å². The summed E-state index contributed by atoms with van der Waals surface area (Å²) in [6.07, 6.45) is 0. The van der Waals surface area contributed by atoms with Gasteiger partial charge in [-0.1, -0.05) is 18.2 Å². The largest absolute Gasteiger partial charge is 0.497 e. The first-order chi connectivity index (χ1) is 12.8. The summed E-state index contributed by atoms with van der Waals surface area (Å²) in [4.78, 5) is 3.91. The summed E-state index contributed by atoms with van der Waals surface area (Å²) in [6, 6.07) is 17.3. The van der Waals surface area contributed by atoms with Crippen LogP contribution in [0.4, 0.5) is 0 Å². The van der Waals surface area contributed by atoms with Crippen molar-refractivity contribution in [1.82, 2.24) is 10.2 Å². The van der Waals surface area contributed by atoms with Gasteiger partial charge in [-0.15, -0.1) is 11.3 Å². The van der Waals surface area contributed by atoms with Gasteiger partial charge in [-0.05, 0) is 29.7 Å². The van der Waals surface area contributed by atoms with Crippen LogP contribution in [0, 0.1) is 0 Å². The van der Waals surface area contributed by atoms with E-state index in [9.17, 15) is 0 Å². The number of piperazine rings is 1. The Bertz CT molecular complexity index is 854. The summed E-state index contributed by atoms with van der Waals surface area (Å²) in [7, 11) is 3.42. The maximum absolute atomic E-state index is 5.74. The van der Waals surface area contributed by atoms with Crippen molar-refractivity contribution in [3.05, 3.63) is 59.0 Å². The average molecular weight is 369 g/mol. The quantitative estimate of drug-likeness (QED) is 0.740. The van der Waals surface area contributed by atoms with Crippen LogP contribution >= 0.6 is 11.3 Å². The zero-order valence-electron chi connectivity index (χ0n) is 15.2. The molecule has 1 unspecified atom stereocenters. The summed E-state index contributed by atoms with van der Waals surface area (Å²) in [5, 5.41) is 4.76. The van der Waals surface area contributed by atoms with Gasteiger partial charge in [0.2, 0.25) is 0 Å². The van der Waals surface area contributed by atoms with Gasteiger partial charge in [-0.2, -0.15) is 0 Å². The van der Waals surface area contributed by atoms with Crippen molar-refractivity contribution in [1.29, 1.82) is 0 Å². The number of rotatable bonds is 5. The molecule has 1 N–H and O–H groups in total. The fraction of sp³-hybridized carbons (Fsp3) is 0.333. The Labute approximate surface area is 158 Å². The van der Waals surface area contributed by atoms with E-state index in [0.717, 1.165) is 37.7 Å². The third-order valence-electron chi connectivity index (χ3n) is 4.97. The number of hydrogen-bond donors (Lipinski definition) is 1. The molecule has 0 saturated carbocycles. The lowest BCUT2D eigenvalue weighted by molar-refractivity contribution is 0.197. The van der Waals surface area contributed by atoms with E-state index in [4.69, 9.17) is 9.47 Å². The Hall–Kier alpha value is -2.08. The van der Waals surface area contributed by atoms with Crippen molar-refractivity contribution in [2.45, 2.75) is 6.04 Å². The first-order valence-corrected chi connectivity index (χ1v) is 9.77. The number of benzene rings is 2. The third kappa shape index (κ3) is 3.30. The van der Waals surface area contributed by atoms with E-state index in [0.29, 0.717) is 0 Å². The number of ether oxygens (including phenoxy) is 2. The number of fused-ring (bicyclic) bond motifs is 1. The SMILES string of the molecule is COc1ccc(C(c2cc3ccccc3s2)N2CCNCC2)c(OC)c1. The lowest BCUT2D eigenvalue weighted by Crippen LogP contribution is -2.45. The summed E-state index contributed by atoms with van der Waals surface area (Å²) in [5.74, 6) is 1.70. The molecule has 1 aliphatic rings. The molecular formula is C21H24N2O2S. The molecule has 0 spiro atoms. The predicted molar refractivity (Wildman–Crippen MR) is 108 cm³/mol. The van der Waals surface area contributed by atoms with Gasteiger partial charge in [0.15, 0.2) is 0 Å². The average Bonchev–Trinajstić information content (AvgIpc) is 3.12. The number of hydrogen-bond acceptors (Lipinski definition) is 5. The second kappa shape index (κ2) is 7.66. The lowest BCUT2D eigenvalue weighted by Gasteiger charge is -2.35. The van der Waals surface area contributed by atoms with Crippen LogP contribution in [-0.4, -0.2) is 45.3 Å². The van der Waals surface area contributed by atoms with Crippen LogP contribution in [0.15, 0.2) is 48.5 Å². The third-order valence-corrected chi connectivity index (χ3v) is 6.13. The molecule has 1 fully saturated rings. The van der Waals surface area contributed by atoms with Crippen LogP contribution in [0.3, 0.4) is 0 Å². The van der Waals surface area contributed by atoms with Crippen molar-refractivity contribution in [3.8, 4) is 11.5 Å². The van der Waals surface area contributed by atoms with Gasteiger partial charge < -0.3 is 14.8 Å². The molecule has 5 heteroatoms. The molecule has 0 amide bonds. The van der Waals surface area contributed by atoms with Crippen LogP contribution in [0.1, 0.15) is 16.5 Å². The molecule has 1 aromatic heterocycles. The predicted octanol–water partition coefficient (Wildman–Crippen LogP) is 3.91. The summed E-state index contributed by atoms with van der Waals surface area (Å²) in [5.41, 5.74) is 1.20. The van der Waals surface area contributed by atoms with Crippen molar-refractivity contribution < 1.29 is 9.47 Å². The Morgan fingerprint density at radius 1 is 1.00 bits per heavy atom. The first kappa shape index (κ1) is 17.3. The molecule has 26 heavy (non-hydrogen) atoms. The van der Waals surface area contributed by atoms with Crippen molar-refractivity contribution in [2.75, 3.05) is 40.4 Å². The first-order valence-electron chi connectivity index (χ1n) is 8.95. The van der Waals surface area contributed by atoms with Crippen molar-refractivity contribution in [3.63, 3.8) is 0 Å². The molecule has 2 heterocycles. The van der Waals surface area contributed by atoms with Crippen LogP contribution in [0.5, 0.6) is 11.5 Å². The van der Waals surface area contributed by atoms with Gasteiger partial charge in [-0.3, -0.25) is 4.90 Å². The van der Waals surface area contributed by atoms with E-state index in [2.05, 4.69) is 46.6 Å². The van der Waals surface area contributed by atoms with Gasteiger partial charge in [0, 0.05) is 47.4 Å². The summed E-state index contributed by atoms with van der Waals surface area (Å²) >= 11 is 1.87. The number of nitrogens with one attached hydrogen (secondary N) is 1. The maximum Gasteiger partial charge on any atom is 0.127 e. The molecule has 4 nitrogen and oxygen atoms in total. The van der Waals surface area contributed by atoms with E-state index in [1.165, 1.54) is 20.5 Å². The van der Waals surface area contributed by atoms with Gasteiger partial charge in [-0.25, -0.2) is 0 Å². The molecular weight excluding hydrogens is 344 g/mol. The Kier molecular flexibility index (Phi) is 5.11. The highest BCUT2D eigenvalue weighted by molar-refractivity contribution is 7.19. The Morgan fingerprint density at radius 3 is 2.54 bits per heavy atom. The van der Waals surface area contributed by atoms with Crippen LogP contribution in [0.2, 0.25) is 0 Å². The molecule has 4 rings (SSSR count). The zero-order chi connectivity index (χ0) is 17.9.